The number of carbonyl (C=O) groups excluding carboxylic acids is 3. The van der Waals surface area contributed by atoms with Gasteiger partial charge in [-0.1, -0.05) is 60.7 Å². The van der Waals surface area contributed by atoms with Gasteiger partial charge in [0.2, 0.25) is 5.91 Å². The molecule has 3 aromatic rings. The van der Waals surface area contributed by atoms with Crippen LogP contribution >= 0.6 is 0 Å². The van der Waals surface area contributed by atoms with E-state index in [2.05, 4.69) is 5.32 Å². The number of benzene rings is 3. The van der Waals surface area contributed by atoms with Crippen molar-refractivity contribution in [2.45, 2.75) is 31.7 Å². The van der Waals surface area contributed by atoms with Crippen LogP contribution in [0.2, 0.25) is 0 Å². The summed E-state index contributed by atoms with van der Waals surface area (Å²) in [4.78, 5) is 42.5. The molecular weight excluding hydrogens is 402 g/mol. The first kappa shape index (κ1) is 20.2. The molecule has 1 aliphatic carbocycles. The van der Waals surface area contributed by atoms with Crippen LogP contribution in [0.1, 0.15) is 30.9 Å². The molecular formula is C26H25N3O3. The number of carbonyl (C=O) groups is 3. The molecule has 6 nitrogen and oxygen atoms in total. The van der Waals surface area contributed by atoms with Crippen molar-refractivity contribution in [3.63, 3.8) is 0 Å². The largest absolute Gasteiger partial charge is 0.325 e. The van der Waals surface area contributed by atoms with Gasteiger partial charge in [-0.3, -0.25) is 14.5 Å². The van der Waals surface area contributed by atoms with Crippen LogP contribution in [0.4, 0.5) is 10.5 Å². The normalized spacial score (nSPS) is 19.8. The zero-order valence-electron chi connectivity index (χ0n) is 18.0. The fourth-order valence-electron chi connectivity index (χ4n) is 5.10. The van der Waals surface area contributed by atoms with Crippen LogP contribution in [0.5, 0.6) is 0 Å². The maximum Gasteiger partial charge on any atom is 0.325 e. The number of amides is 4. The Bertz CT molecular complexity index is 1230. The fourth-order valence-corrected chi connectivity index (χ4v) is 5.10. The minimum Gasteiger partial charge on any atom is -0.319 e. The van der Waals surface area contributed by atoms with Crippen molar-refractivity contribution in [2.75, 3.05) is 18.0 Å². The molecule has 1 fully saturated rings. The molecule has 1 spiro atoms. The molecule has 1 saturated heterocycles. The number of anilines is 1. The summed E-state index contributed by atoms with van der Waals surface area (Å²) in [6.45, 7) is 2.04. The monoisotopic (exact) mass is 427 g/mol. The predicted octanol–water partition coefficient (Wildman–Crippen LogP) is 3.98. The number of urea groups is 1. The van der Waals surface area contributed by atoms with E-state index in [0.29, 0.717) is 13.0 Å². The van der Waals surface area contributed by atoms with Crippen molar-refractivity contribution in [3.8, 4) is 0 Å². The summed E-state index contributed by atoms with van der Waals surface area (Å²) < 4.78 is 0. The lowest BCUT2D eigenvalue weighted by molar-refractivity contribution is -0.135. The van der Waals surface area contributed by atoms with Gasteiger partial charge in [0.25, 0.3) is 5.91 Å². The smallest absolute Gasteiger partial charge is 0.319 e. The third-order valence-electron chi connectivity index (χ3n) is 6.62. The minimum atomic E-state index is -1.07. The molecule has 32 heavy (non-hydrogen) atoms. The second kappa shape index (κ2) is 7.79. The number of imide groups is 1. The average Bonchev–Trinajstić information content (AvgIpc) is 3.04. The van der Waals surface area contributed by atoms with Crippen molar-refractivity contribution in [1.29, 1.82) is 0 Å². The third-order valence-corrected chi connectivity index (χ3v) is 6.62. The van der Waals surface area contributed by atoms with Crippen molar-refractivity contribution in [1.82, 2.24) is 10.2 Å². The first-order chi connectivity index (χ1) is 15.5. The van der Waals surface area contributed by atoms with Crippen LogP contribution in [0.3, 0.4) is 0 Å². The van der Waals surface area contributed by atoms with Crippen LogP contribution in [0.25, 0.3) is 10.8 Å². The summed E-state index contributed by atoms with van der Waals surface area (Å²) in [5, 5.41) is 4.91. The number of nitrogens with zero attached hydrogens (tertiary/aromatic N) is 2. The van der Waals surface area contributed by atoms with Crippen molar-refractivity contribution >= 4 is 34.3 Å². The molecule has 1 aliphatic heterocycles. The highest BCUT2D eigenvalue weighted by Crippen LogP contribution is 2.40. The average molecular weight is 428 g/mol. The lowest BCUT2D eigenvalue weighted by Crippen LogP contribution is -2.47. The summed E-state index contributed by atoms with van der Waals surface area (Å²) in [6.07, 6.45) is 2.23. The number of aryl methyl sites for hydroxylation is 1. The van der Waals surface area contributed by atoms with Gasteiger partial charge in [-0.2, -0.15) is 0 Å². The van der Waals surface area contributed by atoms with E-state index in [1.54, 1.807) is 4.90 Å². The van der Waals surface area contributed by atoms with Crippen LogP contribution in [0.15, 0.2) is 66.7 Å². The van der Waals surface area contributed by atoms with Crippen molar-refractivity contribution in [3.05, 3.63) is 77.9 Å². The van der Waals surface area contributed by atoms with E-state index in [1.165, 1.54) is 0 Å². The maximum absolute atomic E-state index is 13.5. The zero-order valence-corrected chi connectivity index (χ0v) is 18.0. The maximum atomic E-state index is 13.5. The van der Waals surface area contributed by atoms with Gasteiger partial charge in [-0.25, -0.2) is 4.79 Å². The molecule has 2 aliphatic rings. The molecule has 5 rings (SSSR count). The summed E-state index contributed by atoms with van der Waals surface area (Å²) in [7, 11) is 0. The van der Waals surface area contributed by atoms with Gasteiger partial charge >= 0.3 is 6.03 Å². The fraction of sp³-hybridized carbons (Fsp3) is 0.269. The Morgan fingerprint density at radius 2 is 1.78 bits per heavy atom. The molecule has 4 amide bonds. The molecule has 1 N–H and O–H groups in total. The van der Waals surface area contributed by atoms with Crippen LogP contribution in [-0.2, 0) is 21.5 Å². The quantitative estimate of drug-likeness (QED) is 0.641. The van der Waals surface area contributed by atoms with E-state index >= 15 is 0 Å². The summed E-state index contributed by atoms with van der Waals surface area (Å²) in [5.41, 5.74) is 1.63. The molecule has 0 bridgehead atoms. The molecule has 0 aromatic heterocycles. The topological polar surface area (TPSA) is 69.7 Å². The lowest BCUT2D eigenvalue weighted by Gasteiger charge is -2.33. The van der Waals surface area contributed by atoms with E-state index in [0.717, 1.165) is 45.3 Å². The Kier molecular flexibility index (Phi) is 4.93. The van der Waals surface area contributed by atoms with Gasteiger partial charge in [0.15, 0.2) is 0 Å². The summed E-state index contributed by atoms with van der Waals surface area (Å²) >= 11 is 0. The lowest BCUT2D eigenvalue weighted by atomic mass is 9.76. The Hall–Kier alpha value is -3.67. The van der Waals surface area contributed by atoms with Crippen LogP contribution in [0, 0.1) is 0 Å². The number of nitrogens with one attached hydrogen (secondary N) is 1. The van der Waals surface area contributed by atoms with Gasteiger partial charge in [-0.05, 0) is 48.8 Å². The third kappa shape index (κ3) is 3.06. The van der Waals surface area contributed by atoms with Crippen molar-refractivity contribution < 1.29 is 14.4 Å². The van der Waals surface area contributed by atoms with Crippen LogP contribution < -0.4 is 10.2 Å². The van der Waals surface area contributed by atoms with E-state index in [9.17, 15) is 14.4 Å². The molecule has 6 heteroatoms. The molecule has 162 valence electrons. The highest BCUT2D eigenvalue weighted by molar-refractivity contribution is 6.12. The van der Waals surface area contributed by atoms with Crippen LogP contribution in [-0.4, -0.2) is 35.8 Å². The van der Waals surface area contributed by atoms with Crippen molar-refractivity contribution in [2.24, 2.45) is 0 Å². The van der Waals surface area contributed by atoms with Gasteiger partial charge in [0.05, 0.1) is 5.69 Å². The number of likely N-dealkylation sites (N-methyl/N-ethyl adjacent to an activating group) is 1. The Balaban J connectivity index is 1.45. The standard InChI is InChI=1S/C26H25N3O3/c1-2-28(22-15-7-11-18-9-3-5-13-20(18)22)23(30)17-29-24(31)26(27-25(29)32)16-8-12-19-10-4-6-14-21(19)26/h3-7,9-11,13-15H,2,8,12,16-17H2,1H3,(H,27,32). The molecule has 1 unspecified atom stereocenters. The number of hydrogen-bond acceptors (Lipinski definition) is 3. The second-order valence-electron chi connectivity index (χ2n) is 8.37. The van der Waals surface area contributed by atoms with E-state index < -0.39 is 11.6 Å². The number of hydrogen-bond donors (Lipinski definition) is 1. The first-order valence-corrected chi connectivity index (χ1v) is 11.1. The molecule has 1 atom stereocenters. The summed E-state index contributed by atoms with van der Waals surface area (Å²) in [6, 6.07) is 20.9. The minimum absolute atomic E-state index is 0.284. The first-order valence-electron chi connectivity index (χ1n) is 11.1. The Labute approximate surface area is 186 Å². The van der Waals surface area contributed by atoms with Gasteiger partial charge in [-0.15, -0.1) is 0 Å². The number of rotatable bonds is 4. The molecule has 0 radical (unpaired) electrons. The Morgan fingerprint density at radius 1 is 1.03 bits per heavy atom. The highest BCUT2D eigenvalue weighted by Gasteiger charge is 2.54. The van der Waals surface area contributed by atoms with Gasteiger partial charge < -0.3 is 10.2 Å². The van der Waals surface area contributed by atoms with E-state index in [-0.39, 0.29) is 18.4 Å². The van der Waals surface area contributed by atoms with Gasteiger partial charge in [0, 0.05) is 11.9 Å². The molecule has 0 saturated carbocycles. The highest BCUT2D eigenvalue weighted by atomic mass is 16.2. The molecule has 3 aromatic carbocycles. The molecule has 1 heterocycles. The SMILES string of the molecule is CCN(C(=O)CN1C(=O)NC2(CCCc3ccccc32)C1=O)c1cccc2ccccc12. The van der Waals surface area contributed by atoms with E-state index in [1.807, 2.05) is 73.7 Å². The Morgan fingerprint density at radius 3 is 2.62 bits per heavy atom. The van der Waals surface area contributed by atoms with Gasteiger partial charge in [0.1, 0.15) is 12.1 Å². The predicted molar refractivity (Wildman–Crippen MR) is 123 cm³/mol. The number of fused-ring (bicyclic) bond motifs is 3. The second-order valence-corrected chi connectivity index (χ2v) is 8.37. The van der Waals surface area contributed by atoms with E-state index in [4.69, 9.17) is 0 Å². The summed E-state index contributed by atoms with van der Waals surface area (Å²) in [5.74, 6) is -0.620. The zero-order chi connectivity index (χ0) is 22.3.